The van der Waals surface area contributed by atoms with Crippen molar-refractivity contribution < 1.29 is 13.9 Å². The van der Waals surface area contributed by atoms with Crippen molar-refractivity contribution in [2.45, 2.75) is 18.6 Å². The number of benzene rings is 2. The number of hydrogen-bond acceptors (Lipinski definition) is 2. The van der Waals surface area contributed by atoms with Crippen molar-refractivity contribution in [3.05, 3.63) is 71.3 Å². The second kappa shape index (κ2) is 5.91. The van der Waals surface area contributed by atoms with Crippen molar-refractivity contribution >= 4 is 0 Å². The van der Waals surface area contributed by atoms with Gasteiger partial charge in [0.25, 0.3) is 0 Å². The molecular weight excluding hydrogens is 248 g/mol. The summed E-state index contributed by atoms with van der Waals surface area (Å²) in [5.41, 5.74) is 6.68. The van der Waals surface area contributed by atoms with Crippen LogP contribution in [-0.4, -0.2) is 11.2 Å². The van der Waals surface area contributed by atoms with Gasteiger partial charge in [-0.2, -0.15) is 0 Å². The zero-order chi connectivity index (χ0) is 13.8. The highest BCUT2D eigenvalue weighted by Gasteiger charge is 2.20. The molecule has 0 aliphatic carbocycles. The quantitative estimate of drug-likeness (QED) is 0.890. The van der Waals surface area contributed by atoms with Crippen molar-refractivity contribution in [1.29, 1.82) is 0 Å². The largest absolute Gasteiger partial charge is 0.391 e. The minimum absolute atomic E-state index is 0.0107. The summed E-state index contributed by atoms with van der Waals surface area (Å²) >= 11 is 0. The molecule has 0 spiro atoms. The highest BCUT2D eigenvalue weighted by molar-refractivity contribution is 5.24. The monoisotopic (exact) mass is 263 g/mol. The van der Waals surface area contributed by atoms with E-state index < -0.39 is 23.8 Å². The van der Waals surface area contributed by atoms with Crippen LogP contribution in [0.1, 0.15) is 17.2 Å². The van der Waals surface area contributed by atoms with E-state index in [2.05, 4.69) is 0 Å². The van der Waals surface area contributed by atoms with E-state index in [0.717, 1.165) is 23.8 Å². The highest BCUT2D eigenvalue weighted by atomic mass is 19.1. The van der Waals surface area contributed by atoms with E-state index in [-0.39, 0.29) is 12.0 Å². The molecule has 0 radical (unpaired) electrons. The van der Waals surface area contributed by atoms with E-state index in [1.807, 2.05) is 30.3 Å². The Morgan fingerprint density at radius 3 is 2.42 bits per heavy atom. The fourth-order valence-corrected chi connectivity index (χ4v) is 1.96. The molecule has 0 saturated carbocycles. The number of halogens is 2. The summed E-state index contributed by atoms with van der Waals surface area (Å²) in [6, 6.07) is 11.3. The zero-order valence-corrected chi connectivity index (χ0v) is 10.3. The van der Waals surface area contributed by atoms with Crippen LogP contribution in [0.3, 0.4) is 0 Å². The normalized spacial score (nSPS) is 14.1. The van der Waals surface area contributed by atoms with Gasteiger partial charge in [0.15, 0.2) is 0 Å². The third-order valence-electron chi connectivity index (χ3n) is 3.02. The van der Waals surface area contributed by atoms with Gasteiger partial charge in [0.1, 0.15) is 11.6 Å². The Hall–Kier alpha value is -1.78. The van der Waals surface area contributed by atoms with Gasteiger partial charge in [-0.3, -0.25) is 0 Å². The predicted molar refractivity (Wildman–Crippen MR) is 69.4 cm³/mol. The maximum Gasteiger partial charge on any atom is 0.128 e. The minimum atomic E-state index is -0.973. The van der Waals surface area contributed by atoms with Crippen LogP contribution in [-0.2, 0) is 6.42 Å². The molecule has 100 valence electrons. The average Bonchev–Trinajstić information content (AvgIpc) is 2.42. The van der Waals surface area contributed by atoms with Crippen LogP contribution < -0.4 is 5.73 Å². The van der Waals surface area contributed by atoms with Gasteiger partial charge in [0.2, 0.25) is 0 Å². The minimum Gasteiger partial charge on any atom is -0.391 e. The van der Waals surface area contributed by atoms with Crippen molar-refractivity contribution in [3.8, 4) is 0 Å². The Morgan fingerprint density at radius 2 is 1.74 bits per heavy atom. The molecule has 0 amide bonds. The molecule has 2 aromatic carbocycles. The van der Waals surface area contributed by atoms with E-state index >= 15 is 0 Å². The van der Waals surface area contributed by atoms with Gasteiger partial charge >= 0.3 is 0 Å². The van der Waals surface area contributed by atoms with Crippen molar-refractivity contribution in [3.63, 3.8) is 0 Å². The molecular formula is C15H15F2NO. The van der Waals surface area contributed by atoms with Crippen LogP contribution in [0.4, 0.5) is 8.78 Å². The molecule has 0 aliphatic rings. The molecule has 0 bridgehead atoms. The van der Waals surface area contributed by atoms with Crippen LogP contribution in [0.2, 0.25) is 0 Å². The molecule has 2 atom stereocenters. The van der Waals surface area contributed by atoms with Gasteiger partial charge in [0, 0.05) is 12.0 Å². The number of hydrogen-bond donors (Lipinski definition) is 2. The lowest BCUT2D eigenvalue weighted by molar-refractivity contribution is 0.143. The SMILES string of the molecule is N[C@H](c1cc(F)ccc1F)[C@@H](O)Cc1ccccc1. The summed E-state index contributed by atoms with van der Waals surface area (Å²) in [7, 11) is 0. The van der Waals surface area contributed by atoms with Crippen LogP contribution >= 0.6 is 0 Å². The van der Waals surface area contributed by atoms with Gasteiger partial charge in [-0.1, -0.05) is 30.3 Å². The van der Waals surface area contributed by atoms with E-state index in [1.54, 1.807) is 0 Å². The molecule has 0 fully saturated rings. The summed E-state index contributed by atoms with van der Waals surface area (Å²) in [5.74, 6) is -1.18. The summed E-state index contributed by atoms with van der Waals surface area (Å²) in [6.07, 6.45) is -0.684. The summed E-state index contributed by atoms with van der Waals surface area (Å²) in [6.45, 7) is 0. The Bertz CT molecular complexity index is 545. The Labute approximate surface area is 110 Å². The van der Waals surface area contributed by atoms with E-state index in [9.17, 15) is 13.9 Å². The average molecular weight is 263 g/mol. The first-order valence-corrected chi connectivity index (χ1v) is 6.00. The molecule has 19 heavy (non-hydrogen) atoms. The summed E-state index contributed by atoms with van der Waals surface area (Å²) in [4.78, 5) is 0. The van der Waals surface area contributed by atoms with Crippen LogP contribution in [0.5, 0.6) is 0 Å². The first kappa shape index (κ1) is 13.6. The fraction of sp³-hybridized carbons (Fsp3) is 0.200. The number of aliphatic hydroxyl groups is 1. The summed E-state index contributed by atoms with van der Waals surface area (Å²) < 4.78 is 26.7. The molecule has 0 aromatic heterocycles. The fourth-order valence-electron chi connectivity index (χ4n) is 1.96. The Balaban J connectivity index is 2.14. The molecule has 4 heteroatoms. The third-order valence-corrected chi connectivity index (χ3v) is 3.02. The van der Waals surface area contributed by atoms with Crippen molar-refractivity contribution in [2.75, 3.05) is 0 Å². The third kappa shape index (κ3) is 3.36. The lowest BCUT2D eigenvalue weighted by Crippen LogP contribution is -2.29. The second-order valence-corrected chi connectivity index (χ2v) is 4.45. The first-order valence-electron chi connectivity index (χ1n) is 6.00. The lowest BCUT2D eigenvalue weighted by Gasteiger charge is -2.20. The van der Waals surface area contributed by atoms with Gasteiger partial charge in [-0.25, -0.2) is 8.78 Å². The Morgan fingerprint density at radius 1 is 1.05 bits per heavy atom. The number of rotatable bonds is 4. The number of aliphatic hydroxyl groups excluding tert-OH is 1. The molecule has 2 rings (SSSR count). The molecule has 0 saturated heterocycles. The Kier molecular flexibility index (Phi) is 4.24. The van der Waals surface area contributed by atoms with Gasteiger partial charge in [-0.15, -0.1) is 0 Å². The predicted octanol–water partition coefficient (Wildman–Crippen LogP) is 2.57. The highest BCUT2D eigenvalue weighted by Crippen LogP contribution is 2.21. The maximum absolute atomic E-state index is 13.6. The second-order valence-electron chi connectivity index (χ2n) is 4.45. The molecule has 0 heterocycles. The molecule has 3 N–H and O–H groups in total. The van der Waals surface area contributed by atoms with E-state index in [0.29, 0.717) is 0 Å². The van der Waals surface area contributed by atoms with Crippen LogP contribution in [0, 0.1) is 11.6 Å². The topological polar surface area (TPSA) is 46.2 Å². The zero-order valence-electron chi connectivity index (χ0n) is 10.3. The molecule has 0 unspecified atom stereocenters. The van der Waals surface area contributed by atoms with E-state index in [4.69, 9.17) is 5.73 Å². The maximum atomic E-state index is 13.6. The summed E-state index contributed by atoms with van der Waals surface area (Å²) in [5, 5.41) is 10.0. The van der Waals surface area contributed by atoms with Crippen molar-refractivity contribution in [1.82, 2.24) is 0 Å². The van der Waals surface area contributed by atoms with Gasteiger partial charge < -0.3 is 10.8 Å². The number of nitrogens with two attached hydrogens (primary N) is 1. The van der Waals surface area contributed by atoms with E-state index in [1.165, 1.54) is 0 Å². The smallest absolute Gasteiger partial charge is 0.128 e. The molecule has 0 aliphatic heterocycles. The van der Waals surface area contributed by atoms with Crippen LogP contribution in [0.15, 0.2) is 48.5 Å². The van der Waals surface area contributed by atoms with Gasteiger partial charge in [-0.05, 0) is 23.8 Å². The van der Waals surface area contributed by atoms with Crippen LogP contribution in [0.25, 0.3) is 0 Å². The van der Waals surface area contributed by atoms with Gasteiger partial charge in [0.05, 0.1) is 12.1 Å². The molecule has 2 aromatic rings. The lowest BCUT2D eigenvalue weighted by atomic mass is 9.96. The standard InChI is InChI=1S/C15H15F2NO/c16-11-6-7-13(17)12(9-11)15(18)14(19)8-10-4-2-1-3-5-10/h1-7,9,14-15,19H,8,18H2/t14-,15+/m0/s1. The molecule has 2 nitrogen and oxygen atoms in total. The first-order chi connectivity index (χ1) is 9.08. The van der Waals surface area contributed by atoms with Crippen molar-refractivity contribution in [2.24, 2.45) is 5.73 Å².